The molecule has 0 spiro atoms. The van der Waals surface area contributed by atoms with Gasteiger partial charge in [-0.3, -0.25) is 19.5 Å². The van der Waals surface area contributed by atoms with E-state index in [1.54, 1.807) is 12.1 Å². The Morgan fingerprint density at radius 1 is 0.907 bits per heavy atom. The Balaban J connectivity index is 0.00000323. The van der Waals surface area contributed by atoms with Crippen LogP contribution >= 0.6 is 24.8 Å². The smallest absolute Gasteiger partial charge is 0.314 e. The van der Waals surface area contributed by atoms with E-state index in [1.165, 1.54) is 22.2 Å². The molecule has 43 heavy (non-hydrogen) atoms. The van der Waals surface area contributed by atoms with E-state index in [0.29, 0.717) is 30.9 Å². The number of ketones is 1. The Hall–Kier alpha value is -3.19. The number of piperazine rings is 1. The summed E-state index contributed by atoms with van der Waals surface area (Å²) in [6.45, 7) is 4.92. The molecule has 3 aromatic rings. The maximum absolute atomic E-state index is 14.2. The Kier molecular flexibility index (Phi) is 12.2. The Morgan fingerprint density at radius 3 is 2.02 bits per heavy atom. The third kappa shape index (κ3) is 8.69. The van der Waals surface area contributed by atoms with Gasteiger partial charge in [0.05, 0.1) is 29.6 Å². The molecule has 0 aliphatic carbocycles. The zero-order chi connectivity index (χ0) is 29.9. The van der Waals surface area contributed by atoms with Crippen LogP contribution in [0.5, 0.6) is 0 Å². The number of pyridine rings is 1. The van der Waals surface area contributed by atoms with Crippen molar-refractivity contribution in [3.63, 3.8) is 0 Å². The first-order valence-corrected chi connectivity index (χ1v) is 12.8. The quantitative estimate of drug-likeness (QED) is 0.186. The topological polar surface area (TPSA) is 65.5 Å². The van der Waals surface area contributed by atoms with Gasteiger partial charge in [-0.25, -0.2) is 0 Å². The number of hydrogen-bond donors (Lipinski definition) is 1. The van der Waals surface area contributed by atoms with Gasteiger partial charge in [-0.15, -0.1) is 24.8 Å². The summed E-state index contributed by atoms with van der Waals surface area (Å²) in [6, 6.07) is 7.76. The van der Waals surface area contributed by atoms with Crippen LogP contribution in [-0.4, -0.2) is 53.8 Å². The molecule has 1 amide bonds. The van der Waals surface area contributed by atoms with Gasteiger partial charge in [0.1, 0.15) is 0 Å². The van der Waals surface area contributed by atoms with Crippen LogP contribution in [0.15, 0.2) is 60.9 Å². The van der Waals surface area contributed by atoms with Gasteiger partial charge in [0, 0.05) is 37.9 Å². The number of aromatic nitrogens is 1. The fourth-order valence-corrected chi connectivity index (χ4v) is 4.67. The second-order valence-electron chi connectivity index (χ2n) is 9.90. The van der Waals surface area contributed by atoms with Gasteiger partial charge in [-0.1, -0.05) is 18.2 Å². The molecule has 2 aromatic carbocycles. The summed E-state index contributed by atoms with van der Waals surface area (Å²) in [6.07, 6.45) is -7.39. The number of amides is 1. The SMILES string of the molecule is Cc1ccc(CN(C(=O)C(C(=O)c2cc(C(F)(F)F)cc(C(F)(F)F)c2)N2CCNCC2)c2cccnc2)cc1C.Cl.Cl. The minimum absolute atomic E-state index is 0. The lowest BCUT2D eigenvalue weighted by molar-refractivity contribution is -0.143. The molecule has 0 radical (unpaired) electrons. The molecule has 6 nitrogen and oxygen atoms in total. The van der Waals surface area contributed by atoms with Crippen LogP contribution in [0, 0.1) is 13.8 Å². The molecular formula is C29H30Cl2F6N4O2. The molecule has 14 heteroatoms. The number of nitrogens with zero attached hydrogens (tertiary/aromatic N) is 3. The normalized spacial score (nSPS) is 14.7. The third-order valence-corrected chi connectivity index (χ3v) is 7.01. The molecule has 1 aromatic heterocycles. The summed E-state index contributed by atoms with van der Waals surface area (Å²) in [7, 11) is 0. The highest BCUT2D eigenvalue weighted by Gasteiger charge is 2.41. The minimum Gasteiger partial charge on any atom is -0.314 e. The van der Waals surface area contributed by atoms with Gasteiger partial charge in [0.2, 0.25) is 0 Å². The highest BCUT2D eigenvalue weighted by molar-refractivity contribution is 6.17. The van der Waals surface area contributed by atoms with Crippen molar-refractivity contribution in [3.05, 3.63) is 94.3 Å². The lowest BCUT2D eigenvalue weighted by Gasteiger charge is -2.36. The van der Waals surface area contributed by atoms with E-state index in [4.69, 9.17) is 0 Å². The first-order chi connectivity index (χ1) is 19.3. The van der Waals surface area contributed by atoms with Gasteiger partial charge in [-0.2, -0.15) is 26.3 Å². The number of hydrogen-bond acceptors (Lipinski definition) is 5. The molecule has 234 valence electrons. The largest absolute Gasteiger partial charge is 0.416 e. The van der Waals surface area contributed by atoms with Crippen LogP contribution in [0.25, 0.3) is 0 Å². The Labute approximate surface area is 257 Å². The van der Waals surface area contributed by atoms with Crippen LogP contribution in [0.3, 0.4) is 0 Å². The van der Waals surface area contributed by atoms with Gasteiger partial charge in [0.15, 0.2) is 11.8 Å². The fraction of sp³-hybridized carbons (Fsp3) is 0.345. The monoisotopic (exact) mass is 650 g/mol. The van der Waals surface area contributed by atoms with E-state index in [0.717, 1.165) is 16.7 Å². The number of carbonyl (C=O) groups excluding carboxylic acids is 2. The summed E-state index contributed by atoms with van der Waals surface area (Å²) in [4.78, 5) is 35.0. The van der Waals surface area contributed by atoms with Crippen molar-refractivity contribution in [2.45, 2.75) is 38.8 Å². The van der Waals surface area contributed by atoms with Crippen molar-refractivity contribution in [2.75, 3.05) is 31.1 Å². The highest BCUT2D eigenvalue weighted by Crippen LogP contribution is 2.37. The molecular weight excluding hydrogens is 621 g/mol. The van der Waals surface area contributed by atoms with Gasteiger partial charge >= 0.3 is 12.4 Å². The number of anilines is 1. The highest BCUT2D eigenvalue weighted by atomic mass is 35.5. The summed E-state index contributed by atoms with van der Waals surface area (Å²) >= 11 is 0. The first-order valence-electron chi connectivity index (χ1n) is 12.8. The number of alkyl halides is 6. The number of benzene rings is 2. The number of Topliss-reactive ketones (excluding diaryl/α,β-unsaturated/α-hetero) is 1. The van der Waals surface area contributed by atoms with Crippen molar-refractivity contribution < 1.29 is 35.9 Å². The van der Waals surface area contributed by atoms with Crippen LogP contribution in [0.4, 0.5) is 32.0 Å². The second kappa shape index (κ2) is 14.5. The van der Waals surface area contributed by atoms with E-state index >= 15 is 0 Å². The number of aryl methyl sites for hydroxylation is 2. The van der Waals surface area contributed by atoms with Crippen molar-refractivity contribution in [1.29, 1.82) is 0 Å². The summed E-state index contributed by atoms with van der Waals surface area (Å²) in [5.74, 6) is -1.93. The first kappa shape index (κ1) is 36.0. The molecule has 1 unspecified atom stereocenters. The molecule has 1 fully saturated rings. The van der Waals surface area contributed by atoms with E-state index < -0.39 is 46.8 Å². The molecule has 2 heterocycles. The fourth-order valence-electron chi connectivity index (χ4n) is 4.67. The van der Waals surface area contributed by atoms with Gasteiger partial charge in [-0.05, 0) is 60.9 Å². The van der Waals surface area contributed by atoms with Crippen LogP contribution < -0.4 is 10.2 Å². The number of nitrogens with one attached hydrogen (secondary N) is 1. The third-order valence-electron chi connectivity index (χ3n) is 7.01. The van der Waals surface area contributed by atoms with Crippen molar-refractivity contribution >= 4 is 42.2 Å². The molecule has 1 atom stereocenters. The summed E-state index contributed by atoms with van der Waals surface area (Å²) in [5, 5.41) is 3.07. The molecule has 1 aliphatic heterocycles. The van der Waals surface area contributed by atoms with Gasteiger partial charge in [0.25, 0.3) is 5.91 Å². The van der Waals surface area contributed by atoms with E-state index in [1.807, 2.05) is 32.0 Å². The molecule has 0 bridgehead atoms. The Morgan fingerprint density at radius 2 is 1.51 bits per heavy atom. The van der Waals surface area contributed by atoms with E-state index in [-0.39, 0.29) is 50.5 Å². The van der Waals surface area contributed by atoms with Crippen LogP contribution in [-0.2, 0) is 23.7 Å². The number of halogens is 8. The zero-order valence-corrected chi connectivity index (χ0v) is 24.8. The average Bonchev–Trinajstić information content (AvgIpc) is 2.93. The molecule has 0 saturated carbocycles. The lowest BCUT2D eigenvalue weighted by Crippen LogP contribution is -2.58. The van der Waals surface area contributed by atoms with Crippen molar-refractivity contribution in [3.8, 4) is 0 Å². The summed E-state index contributed by atoms with van der Waals surface area (Å²) < 4.78 is 81.5. The number of rotatable bonds is 7. The van der Waals surface area contributed by atoms with Crippen LogP contribution in [0.2, 0.25) is 0 Å². The summed E-state index contributed by atoms with van der Waals surface area (Å²) in [5.41, 5.74) is -1.07. The standard InChI is InChI=1S/C29H28F6N4O2.2ClH/c1-18-5-6-20(12-19(18)2)17-39(24-4-3-7-37-16-24)27(41)25(38-10-8-36-9-11-38)26(40)21-13-22(28(30,31)32)15-23(14-21)29(33,34)35;;/h3-7,12-16,25,36H,8-11,17H2,1-2H3;2*1H. The maximum atomic E-state index is 14.2. The predicted molar refractivity (Wildman–Crippen MR) is 155 cm³/mol. The van der Waals surface area contributed by atoms with Crippen LogP contribution in [0.1, 0.15) is 38.2 Å². The molecule has 1 aliphatic rings. The minimum atomic E-state index is -5.14. The maximum Gasteiger partial charge on any atom is 0.416 e. The lowest BCUT2D eigenvalue weighted by atomic mass is 9.96. The zero-order valence-electron chi connectivity index (χ0n) is 23.1. The second-order valence-corrected chi connectivity index (χ2v) is 9.90. The molecule has 1 saturated heterocycles. The van der Waals surface area contributed by atoms with Gasteiger partial charge < -0.3 is 10.2 Å². The Bertz CT molecular complexity index is 1380. The van der Waals surface area contributed by atoms with Crippen molar-refractivity contribution in [2.24, 2.45) is 0 Å². The predicted octanol–water partition coefficient (Wildman–Crippen LogP) is 6.27. The molecule has 4 rings (SSSR count). The van der Waals surface area contributed by atoms with Crippen molar-refractivity contribution in [1.82, 2.24) is 15.2 Å². The van der Waals surface area contributed by atoms with E-state index in [9.17, 15) is 35.9 Å². The molecule has 1 N–H and O–H groups in total. The average molecular weight is 651 g/mol. The van der Waals surface area contributed by atoms with E-state index in [2.05, 4.69) is 10.3 Å². The number of carbonyl (C=O) groups is 2.